The zero-order chi connectivity index (χ0) is 45.3. The highest BCUT2D eigenvalue weighted by Gasteiger charge is 2.70. The molecule has 0 radical (unpaired) electrons. The van der Waals surface area contributed by atoms with E-state index in [4.69, 9.17) is 18.9 Å². The Morgan fingerprint density at radius 3 is 1.97 bits per heavy atom. The highest BCUT2D eigenvalue weighted by molar-refractivity contribution is 5.90. The number of ether oxygens (including phenoxy) is 4. The van der Waals surface area contributed by atoms with Gasteiger partial charge in [-0.25, -0.2) is 9.59 Å². The summed E-state index contributed by atoms with van der Waals surface area (Å²) >= 11 is 0. The topological polar surface area (TPSA) is 108 Å². The largest absolute Gasteiger partial charge is 0.460 e. The highest BCUT2D eigenvalue weighted by atomic mass is 16.6. The Kier molecular flexibility index (Phi) is 11.6. The first-order chi connectivity index (χ1) is 30.4. The molecule has 8 nitrogen and oxygen atoms in total. The smallest absolute Gasteiger partial charge is 0.338 e. The molecule has 0 bridgehead atoms. The molecule has 0 spiro atoms. The van der Waals surface area contributed by atoms with Crippen LogP contribution in [-0.4, -0.2) is 54.0 Å². The number of esters is 3. The molecule has 64 heavy (non-hydrogen) atoms. The standard InChI is InChI=1S/C56H70O8/c1-51(2)29-31-56(50(60)62-34-36-17-11-8-12-18-36)32-30-54(6)39(41(56)33-51)23-24-44-53(5)27-25-40(52(3,4)43(53)26-28-55(44,54)7)46-45(57)47(64-49(59)38-21-15-10-16-22-38)42(35-61-46)63-48(58)37-19-13-9-14-20-37/h8-23,40-47,57H,24-35H2,1-7H3/t40?,41-,42+,43-,44+,45-,46-,47-,53-,54+,55+,56-/m0/s1. The molecule has 3 aromatic rings. The van der Waals surface area contributed by atoms with Crippen molar-refractivity contribution in [3.8, 4) is 0 Å². The number of hydrogen-bond acceptors (Lipinski definition) is 8. The van der Waals surface area contributed by atoms with Crippen molar-refractivity contribution in [1.82, 2.24) is 0 Å². The molecular formula is C56H70O8. The maximum atomic E-state index is 14.5. The Labute approximate surface area is 380 Å². The first kappa shape index (κ1) is 44.9. The molecule has 9 rings (SSSR count). The van der Waals surface area contributed by atoms with Crippen molar-refractivity contribution in [2.24, 2.45) is 56.2 Å². The summed E-state index contributed by atoms with van der Waals surface area (Å²) in [5.74, 6) is -0.203. The minimum Gasteiger partial charge on any atom is -0.460 e. The fourth-order valence-corrected chi connectivity index (χ4v) is 15.1. The van der Waals surface area contributed by atoms with Gasteiger partial charge in [-0.2, -0.15) is 0 Å². The summed E-state index contributed by atoms with van der Waals surface area (Å²) in [6.45, 7) is 17.5. The summed E-state index contributed by atoms with van der Waals surface area (Å²) in [5.41, 5.74) is 2.73. The van der Waals surface area contributed by atoms with Crippen LogP contribution in [0.5, 0.6) is 0 Å². The van der Waals surface area contributed by atoms with Crippen molar-refractivity contribution >= 4 is 17.9 Å². The molecule has 1 aliphatic heterocycles. The predicted molar refractivity (Wildman–Crippen MR) is 246 cm³/mol. The van der Waals surface area contributed by atoms with Crippen molar-refractivity contribution in [2.45, 2.75) is 144 Å². The number of allylic oxidation sites excluding steroid dienone is 2. The lowest BCUT2D eigenvalue weighted by molar-refractivity contribution is -0.244. The number of carbonyl (C=O) groups is 3. The number of rotatable bonds is 8. The summed E-state index contributed by atoms with van der Waals surface area (Å²) in [7, 11) is 0. The zero-order valence-electron chi connectivity index (χ0n) is 39.1. The van der Waals surface area contributed by atoms with Crippen LogP contribution in [0.4, 0.5) is 0 Å². The number of hydrogen-bond donors (Lipinski definition) is 1. The quantitative estimate of drug-likeness (QED) is 0.135. The Morgan fingerprint density at radius 1 is 0.703 bits per heavy atom. The molecule has 342 valence electrons. The lowest BCUT2D eigenvalue weighted by atomic mass is 9.33. The van der Waals surface area contributed by atoms with E-state index in [1.807, 2.05) is 42.5 Å². The molecule has 6 aliphatic rings. The number of aliphatic hydroxyl groups is 1. The SMILES string of the molecule is CC1(C)CC[C@]2(C(=O)OCc3ccccc3)CC[C@]3(C)C(=CC[C@@H]4[C@@]5(C)CCC([C@@H]6OC[C@@H](OC(=O)c7ccccc7)[C@H](OC(=O)c7ccccc7)[C@H]6O)C(C)(C)[C@@H]5CC[C@]43C)[C@@H]2C1. The van der Waals surface area contributed by atoms with Crippen molar-refractivity contribution in [1.29, 1.82) is 0 Å². The second-order valence-electron chi connectivity index (χ2n) is 22.7. The monoisotopic (exact) mass is 871 g/mol. The summed E-state index contributed by atoms with van der Waals surface area (Å²) in [4.78, 5) is 41.5. The lowest BCUT2D eigenvalue weighted by Crippen LogP contribution is -2.66. The summed E-state index contributed by atoms with van der Waals surface area (Å²) < 4.78 is 25.0. The maximum absolute atomic E-state index is 14.5. The third-order valence-corrected chi connectivity index (χ3v) is 18.8. The number of benzene rings is 3. The predicted octanol–water partition coefficient (Wildman–Crippen LogP) is 11.4. The van der Waals surface area contributed by atoms with E-state index in [1.54, 1.807) is 48.5 Å². The van der Waals surface area contributed by atoms with Crippen LogP contribution in [0.3, 0.4) is 0 Å². The highest BCUT2D eigenvalue weighted by Crippen LogP contribution is 2.76. The number of carbonyl (C=O) groups excluding carboxylic acids is 3. The van der Waals surface area contributed by atoms with Crippen LogP contribution in [0.25, 0.3) is 0 Å². The normalized spacial score (nSPS) is 38.4. The van der Waals surface area contributed by atoms with Crippen LogP contribution < -0.4 is 0 Å². The second-order valence-corrected chi connectivity index (χ2v) is 22.7. The van der Waals surface area contributed by atoms with Gasteiger partial charge in [0.2, 0.25) is 0 Å². The molecular weight excluding hydrogens is 801 g/mol. The molecule has 1 N–H and O–H groups in total. The van der Waals surface area contributed by atoms with Gasteiger partial charge in [0.1, 0.15) is 12.7 Å². The van der Waals surface area contributed by atoms with Crippen LogP contribution in [0.2, 0.25) is 0 Å². The summed E-state index contributed by atoms with van der Waals surface area (Å²) in [6.07, 6.45) is 8.41. The van der Waals surface area contributed by atoms with Gasteiger partial charge >= 0.3 is 17.9 Å². The van der Waals surface area contributed by atoms with Crippen molar-refractivity contribution in [3.05, 3.63) is 119 Å². The van der Waals surface area contributed by atoms with E-state index >= 15 is 0 Å². The van der Waals surface area contributed by atoms with E-state index in [2.05, 4.69) is 54.5 Å². The Hall–Kier alpha value is -4.27. The first-order valence-electron chi connectivity index (χ1n) is 24.2. The van der Waals surface area contributed by atoms with Crippen LogP contribution in [-0.2, 0) is 30.3 Å². The fourth-order valence-electron chi connectivity index (χ4n) is 15.1. The van der Waals surface area contributed by atoms with E-state index in [9.17, 15) is 19.5 Å². The van der Waals surface area contributed by atoms with E-state index in [0.29, 0.717) is 29.6 Å². The van der Waals surface area contributed by atoms with Crippen molar-refractivity contribution in [2.75, 3.05) is 6.61 Å². The minimum absolute atomic E-state index is 0.00677. The summed E-state index contributed by atoms with van der Waals surface area (Å²) in [5, 5.41) is 12.4. The molecule has 1 saturated heterocycles. The van der Waals surface area contributed by atoms with E-state index < -0.39 is 41.8 Å². The van der Waals surface area contributed by atoms with Gasteiger partial charge in [-0.1, -0.05) is 127 Å². The van der Waals surface area contributed by atoms with Gasteiger partial charge in [-0.05, 0) is 145 Å². The average molecular weight is 871 g/mol. The van der Waals surface area contributed by atoms with E-state index in [0.717, 1.165) is 69.8 Å². The van der Waals surface area contributed by atoms with Gasteiger partial charge in [-0.15, -0.1) is 0 Å². The zero-order valence-corrected chi connectivity index (χ0v) is 39.1. The molecule has 5 fully saturated rings. The Bertz CT molecular complexity index is 2240. The molecule has 5 aliphatic carbocycles. The maximum Gasteiger partial charge on any atom is 0.338 e. The Balaban J connectivity index is 0.973. The third kappa shape index (κ3) is 7.37. The number of aliphatic hydroxyl groups excluding tert-OH is 1. The molecule has 3 aromatic carbocycles. The van der Waals surface area contributed by atoms with Gasteiger partial charge in [0, 0.05) is 0 Å². The molecule has 1 unspecified atom stereocenters. The molecule has 0 aromatic heterocycles. The first-order valence-corrected chi connectivity index (χ1v) is 24.2. The molecule has 8 heteroatoms. The van der Waals surface area contributed by atoms with Gasteiger partial charge < -0.3 is 24.1 Å². The molecule has 0 amide bonds. The van der Waals surface area contributed by atoms with Gasteiger partial charge in [0.05, 0.1) is 29.3 Å². The third-order valence-electron chi connectivity index (χ3n) is 18.8. The fraction of sp³-hybridized carbons (Fsp3) is 0.589. The van der Waals surface area contributed by atoms with Gasteiger partial charge in [-0.3, -0.25) is 4.79 Å². The average Bonchev–Trinajstić information content (AvgIpc) is 3.28. The lowest BCUT2D eigenvalue weighted by Gasteiger charge is -2.71. The van der Waals surface area contributed by atoms with Crippen molar-refractivity contribution < 1.29 is 38.4 Å². The Morgan fingerprint density at radius 2 is 1.31 bits per heavy atom. The van der Waals surface area contributed by atoms with Gasteiger partial charge in [0.15, 0.2) is 12.2 Å². The van der Waals surface area contributed by atoms with Crippen LogP contribution >= 0.6 is 0 Å². The minimum atomic E-state index is -1.21. The van der Waals surface area contributed by atoms with E-state index in [-0.39, 0.29) is 51.5 Å². The molecule has 1 heterocycles. The van der Waals surface area contributed by atoms with Crippen LogP contribution in [0.1, 0.15) is 139 Å². The molecule has 12 atom stereocenters. The number of fused-ring (bicyclic) bond motifs is 7. The van der Waals surface area contributed by atoms with Crippen molar-refractivity contribution in [3.63, 3.8) is 0 Å². The van der Waals surface area contributed by atoms with E-state index in [1.165, 1.54) is 5.57 Å². The van der Waals surface area contributed by atoms with Gasteiger partial charge in [0.25, 0.3) is 0 Å². The van der Waals surface area contributed by atoms with Crippen LogP contribution in [0, 0.1) is 56.2 Å². The second kappa shape index (κ2) is 16.6. The summed E-state index contributed by atoms with van der Waals surface area (Å²) in [6, 6.07) is 27.5. The molecule has 4 saturated carbocycles. The van der Waals surface area contributed by atoms with Crippen LogP contribution in [0.15, 0.2) is 103 Å².